The van der Waals surface area contributed by atoms with Gasteiger partial charge >= 0.3 is 0 Å². The molecule has 0 saturated carbocycles. The van der Waals surface area contributed by atoms with E-state index < -0.39 is 0 Å². The van der Waals surface area contributed by atoms with Crippen molar-refractivity contribution in [3.63, 3.8) is 0 Å². The van der Waals surface area contributed by atoms with Crippen LogP contribution < -0.4 is 15.0 Å². The second-order valence-electron chi connectivity index (χ2n) is 8.02. The highest BCUT2D eigenvalue weighted by Gasteiger charge is 2.23. The average molecular weight is 454 g/mol. The molecule has 1 amide bonds. The summed E-state index contributed by atoms with van der Waals surface area (Å²) in [7, 11) is 0. The van der Waals surface area contributed by atoms with Crippen LogP contribution in [0.5, 0.6) is 5.88 Å². The van der Waals surface area contributed by atoms with Gasteiger partial charge in [-0.05, 0) is 30.7 Å². The maximum absolute atomic E-state index is 11.5. The molecule has 2 saturated heterocycles. The van der Waals surface area contributed by atoms with Crippen molar-refractivity contribution in [2.45, 2.75) is 13.3 Å². The van der Waals surface area contributed by atoms with Crippen molar-refractivity contribution in [1.82, 2.24) is 20.3 Å². The average Bonchev–Trinajstić information content (AvgIpc) is 3.23. The minimum atomic E-state index is 0. The number of aryl methyl sites for hydroxylation is 1. The van der Waals surface area contributed by atoms with Crippen LogP contribution >= 0.6 is 13.5 Å². The van der Waals surface area contributed by atoms with Gasteiger partial charge in [0.25, 0.3) is 0 Å². The molecule has 32 heavy (non-hydrogen) atoms. The number of carbonyl (C=O) groups excluding carboxylic acids is 1. The third kappa shape index (κ3) is 4.63. The number of anilines is 1. The Morgan fingerprint density at radius 3 is 2.75 bits per heavy atom. The molecule has 8 nitrogen and oxygen atoms in total. The molecule has 1 atom stereocenters. The number of pyridine rings is 1. The third-order valence-corrected chi connectivity index (χ3v) is 5.79. The minimum Gasteiger partial charge on any atom is -0.476 e. The monoisotopic (exact) mass is 453 g/mol. The molecule has 0 aliphatic carbocycles. The fourth-order valence-corrected chi connectivity index (χ4v) is 4.15. The van der Waals surface area contributed by atoms with Gasteiger partial charge in [0.05, 0.1) is 31.0 Å². The van der Waals surface area contributed by atoms with Crippen molar-refractivity contribution in [2.24, 2.45) is 5.92 Å². The van der Waals surface area contributed by atoms with Gasteiger partial charge in [0.2, 0.25) is 11.8 Å². The number of ether oxygens (including phenoxy) is 2. The Hall–Kier alpha value is -2.91. The van der Waals surface area contributed by atoms with Gasteiger partial charge in [-0.25, -0.2) is 9.97 Å². The molecule has 0 bridgehead atoms. The number of nitrogens with one attached hydrogen (secondary N) is 1. The number of aromatic nitrogens is 3. The molecule has 2 aromatic heterocycles. The molecule has 2 aliphatic rings. The number of morpholine rings is 1. The number of hydrogen-bond donors (Lipinski definition) is 1. The van der Waals surface area contributed by atoms with E-state index in [1.165, 1.54) is 11.3 Å². The van der Waals surface area contributed by atoms with Crippen LogP contribution in [-0.4, -0.2) is 60.3 Å². The fourth-order valence-electron chi connectivity index (χ4n) is 4.15. The topological polar surface area (TPSA) is 89.5 Å². The first-order valence-electron chi connectivity index (χ1n) is 10.6. The van der Waals surface area contributed by atoms with Crippen molar-refractivity contribution in [3.8, 4) is 17.1 Å². The van der Waals surface area contributed by atoms with Gasteiger partial charge in [-0.2, -0.15) is 13.5 Å². The number of carbonyl (C=O) groups is 1. The van der Waals surface area contributed by atoms with E-state index in [-0.39, 0.29) is 25.3 Å². The van der Waals surface area contributed by atoms with Crippen LogP contribution in [0.3, 0.4) is 0 Å². The van der Waals surface area contributed by atoms with E-state index >= 15 is 0 Å². The summed E-state index contributed by atoms with van der Waals surface area (Å²) >= 11 is 0. The number of hydrogen-bond acceptors (Lipinski definition) is 7. The van der Waals surface area contributed by atoms with Gasteiger partial charge in [-0.1, -0.05) is 6.07 Å². The van der Waals surface area contributed by atoms with Crippen LogP contribution in [0.2, 0.25) is 0 Å². The number of fused-ring (bicyclic) bond motifs is 1. The summed E-state index contributed by atoms with van der Waals surface area (Å²) in [5, 5.41) is 2.84. The maximum atomic E-state index is 11.5. The largest absolute Gasteiger partial charge is 0.476 e. The van der Waals surface area contributed by atoms with Crippen molar-refractivity contribution < 1.29 is 14.3 Å². The smallest absolute Gasteiger partial charge is 0.242 e. The van der Waals surface area contributed by atoms with Gasteiger partial charge in [-0.3, -0.25) is 9.78 Å². The molecular formula is C23H27N5O3S. The van der Waals surface area contributed by atoms with Crippen LogP contribution in [0.15, 0.2) is 36.7 Å². The summed E-state index contributed by atoms with van der Waals surface area (Å²) in [5.41, 5.74) is 5.58. The van der Waals surface area contributed by atoms with Gasteiger partial charge < -0.3 is 19.7 Å². The summed E-state index contributed by atoms with van der Waals surface area (Å²) in [6.45, 7) is 6.49. The lowest BCUT2D eigenvalue weighted by Crippen LogP contribution is -2.36. The van der Waals surface area contributed by atoms with Gasteiger partial charge in [0, 0.05) is 55.6 Å². The zero-order chi connectivity index (χ0) is 21.2. The quantitative estimate of drug-likeness (QED) is 0.635. The highest BCUT2D eigenvalue weighted by molar-refractivity contribution is 7.59. The lowest BCUT2D eigenvalue weighted by atomic mass is 10.0. The predicted molar refractivity (Wildman–Crippen MR) is 128 cm³/mol. The van der Waals surface area contributed by atoms with Crippen molar-refractivity contribution in [1.29, 1.82) is 0 Å². The van der Waals surface area contributed by atoms with E-state index in [0.29, 0.717) is 31.0 Å². The number of nitrogens with zero attached hydrogens (tertiary/aromatic N) is 4. The van der Waals surface area contributed by atoms with Gasteiger partial charge in [0.15, 0.2) is 5.52 Å². The van der Waals surface area contributed by atoms with E-state index in [1.807, 2.05) is 6.07 Å². The van der Waals surface area contributed by atoms with Gasteiger partial charge in [0.1, 0.15) is 0 Å². The van der Waals surface area contributed by atoms with E-state index in [9.17, 15) is 4.79 Å². The lowest BCUT2D eigenvalue weighted by Gasteiger charge is -2.30. The summed E-state index contributed by atoms with van der Waals surface area (Å²) in [6, 6.07) is 8.33. The lowest BCUT2D eigenvalue weighted by molar-refractivity contribution is -0.119. The molecule has 0 spiro atoms. The molecule has 4 heterocycles. The highest BCUT2D eigenvalue weighted by Crippen LogP contribution is 2.31. The minimum absolute atomic E-state index is 0. The summed E-state index contributed by atoms with van der Waals surface area (Å²) in [4.78, 5) is 27.5. The SMILES string of the molecule is Cc1cc(-c2cc3nccnc3c(OC[C@@H]3CNC(=O)C3)n2)ccc1N1CCOCC1.S. The Kier molecular flexibility index (Phi) is 6.76. The van der Waals surface area contributed by atoms with Crippen molar-refractivity contribution >= 4 is 36.1 Å². The summed E-state index contributed by atoms with van der Waals surface area (Å²) in [6.07, 6.45) is 3.78. The van der Waals surface area contributed by atoms with E-state index in [2.05, 4.69) is 45.3 Å². The molecule has 1 aromatic carbocycles. The molecule has 168 valence electrons. The maximum Gasteiger partial charge on any atom is 0.242 e. The molecule has 9 heteroatoms. The third-order valence-electron chi connectivity index (χ3n) is 5.79. The fraction of sp³-hybridized carbons (Fsp3) is 0.391. The normalized spacial score (nSPS) is 18.3. The molecule has 0 unspecified atom stereocenters. The molecule has 2 fully saturated rings. The van der Waals surface area contributed by atoms with Crippen LogP contribution in [-0.2, 0) is 9.53 Å². The first-order valence-corrected chi connectivity index (χ1v) is 10.6. The summed E-state index contributed by atoms with van der Waals surface area (Å²) in [5.74, 6) is 0.658. The second-order valence-corrected chi connectivity index (χ2v) is 8.02. The number of rotatable bonds is 5. The first kappa shape index (κ1) is 22.3. The number of benzene rings is 1. The van der Waals surface area contributed by atoms with E-state index in [4.69, 9.17) is 14.5 Å². The van der Waals surface area contributed by atoms with Crippen LogP contribution in [0.1, 0.15) is 12.0 Å². The molecular weight excluding hydrogens is 426 g/mol. The Morgan fingerprint density at radius 2 is 2.00 bits per heavy atom. The molecule has 2 aliphatic heterocycles. The zero-order valence-electron chi connectivity index (χ0n) is 18.0. The van der Waals surface area contributed by atoms with Crippen LogP contribution in [0.25, 0.3) is 22.3 Å². The highest BCUT2D eigenvalue weighted by atomic mass is 32.1. The zero-order valence-corrected chi connectivity index (χ0v) is 19.0. The molecule has 1 N–H and O–H groups in total. The van der Waals surface area contributed by atoms with Gasteiger partial charge in [-0.15, -0.1) is 0 Å². The van der Waals surface area contributed by atoms with E-state index in [0.717, 1.165) is 43.1 Å². The number of amides is 1. The standard InChI is InChI=1S/C23H25N5O3.H2S/c1-15-10-17(2-3-20(15)28-6-8-30-9-7-28)18-12-19-22(25-5-4-24-19)23(27-18)31-14-16-11-21(29)26-13-16;/h2-5,10,12,16H,6-9,11,13-14H2,1H3,(H,26,29);1H2/t16-;/m0./s1. The second kappa shape index (κ2) is 9.70. The Morgan fingerprint density at radius 1 is 1.19 bits per heavy atom. The van der Waals surface area contributed by atoms with Crippen molar-refractivity contribution in [3.05, 3.63) is 42.2 Å². The van der Waals surface area contributed by atoms with E-state index in [1.54, 1.807) is 12.4 Å². The molecule has 0 radical (unpaired) electrons. The first-order chi connectivity index (χ1) is 15.2. The van der Waals surface area contributed by atoms with Crippen molar-refractivity contribution in [2.75, 3.05) is 44.4 Å². The van der Waals surface area contributed by atoms with Crippen LogP contribution in [0, 0.1) is 12.8 Å². The Balaban J connectivity index is 0.00000245. The summed E-state index contributed by atoms with van der Waals surface area (Å²) < 4.78 is 11.5. The predicted octanol–water partition coefficient (Wildman–Crippen LogP) is 2.46. The Bertz CT molecular complexity index is 1120. The molecule has 5 rings (SSSR count). The van der Waals surface area contributed by atoms with Crippen LogP contribution in [0.4, 0.5) is 5.69 Å². The Labute approximate surface area is 193 Å². The molecule has 3 aromatic rings.